The summed E-state index contributed by atoms with van der Waals surface area (Å²) >= 11 is 0. The minimum Gasteiger partial charge on any atom is -0.353 e. The molecule has 1 amide bonds. The van der Waals surface area contributed by atoms with E-state index in [1.54, 1.807) is 19.0 Å². The lowest BCUT2D eigenvalue weighted by Crippen LogP contribution is -2.43. The third kappa shape index (κ3) is 4.20. The lowest BCUT2D eigenvalue weighted by atomic mass is 10.0. The largest absolute Gasteiger partial charge is 0.353 e. The maximum Gasteiger partial charge on any atom is 0.262 e. The van der Waals surface area contributed by atoms with E-state index in [2.05, 4.69) is 10.6 Å². The summed E-state index contributed by atoms with van der Waals surface area (Å²) in [4.78, 5) is 13.5. The summed E-state index contributed by atoms with van der Waals surface area (Å²) in [5, 5.41) is 4.93. The minimum atomic E-state index is -2.92. The summed E-state index contributed by atoms with van der Waals surface area (Å²) in [7, 11) is 3.23. The molecule has 0 aliphatic carbocycles. The van der Waals surface area contributed by atoms with Crippen molar-refractivity contribution < 1.29 is 22.4 Å². The zero-order valence-corrected chi connectivity index (χ0v) is 12.9. The van der Waals surface area contributed by atoms with E-state index in [1.807, 2.05) is 0 Å². The summed E-state index contributed by atoms with van der Waals surface area (Å²) in [6.45, 7) is -0.641. The van der Waals surface area contributed by atoms with Crippen LogP contribution >= 0.6 is 0 Å². The van der Waals surface area contributed by atoms with Crippen LogP contribution in [0.15, 0.2) is 18.2 Å². The van der Waals surface area contributed by atoms with Gasteiger partial charge in [0.05, 0.1) is 18.6 Å². The molecule has 0 radical (unpaired) electrons. The molecule has 1 saturated heterocycles. The molecule has 1 aliphatic rings. The van der Waals surface area contributed by atoms with E-state index in [0.717, 1.165) is 12.1 Å². The Morgan fingerprint density at radius 2 is 2.00 bits per heavy atom. The highest BCUT2D eigenvalue weighted by Crippen LogP contribution is 2.26. The number of alkyl halides is 2. The topological polar surface area (TPSA) is 44.4 Å². The smallest absolute Gasteiger partial charge is 0.262 e. The van der Waals surface area contributed by atoms with Crippen molar-refractivity contribution in [3.8, 4) is 0 Å². The van der Waals surface area contributed by atoms with Crippen LogP contribution in [-0.2, 0) is 4.79 Å². The quantitative estimate of drug-likeness (QED) is 0.806. The highest BCUT2D eigenvalue weighted by Gasteiger charge is 2.42. The van der Waals surface area contributed by atoms with Gasteiger partial charge >= 0.3 is 0 Å². The first kappa shape index (κ1) is 17.7. The molecule has 0 saturated carbocycles. The van der Waals surface area contributed by atoms with Crippen LogP contribution in [-0.4, -0.2) is 50.0 Å². The van der Waals surface area contributed by atoms with Crippen LogP contribution < -0.4 is 10.6 Å². The van der Waals surface area contributed by atoms with Gasteiger partial charge in [-0.3, -0.25) is 10.1 Å². The lowest BCUT2D eigenvalue weighted by Gasteiger charge is -2.26. The molecule has 23 heavy (non-hydrogen) atoms. The zero-order valence-electron chi connectivity index (χ0n) is 12.9. The Labute approximate surface area is 131 Å². The first-order valence-corrected chi connectivity index (χ1v) is 7.20. The van der Waals surface area contributed by atoms with Crippen LogP contribution in [0.25, 0.3) is 0 Å². The first-order chi connectivity index (χ1) is 10.7. The Hall–Kier alpha value is -1.67. The van der Waals surface area contributed by atoms with Crippen molar-refractivity contribution in [2.45, 2.75) is 24.4 Å². The summed E-state index contributed by atoms with van der Waals surface area (Å²) < 4.78 is 54.0. The predicted molar refractivity (Wildman–Crippen MR) is 77.2 cm³/mol. The fraction of sp³-hybridized carbons (Fsp3) is 0.533. The van der Waals surface area contributed by atoms with Gasteiger partial charge in [0.15, 0.2) is 0 Å². The number of likely N-dealkylation sites (N-methyl/N-ethyl adjacent to an activating group) is 1. The third-order valence-electron chi connectivity index (χ3n) is 3.85. The number of hydrogen-bond acceptors (Lipinski definition) is 3. The number of nitrogens with one attached hydrogen (secondary N) is 2. The second-order valence-electron chi connectivity index (χ2n) is 5.85. The maximum absolute atomic E-state index is 13.9. The summed E-state index contributed by atoms with van der Waals surface area (Å²) in [6, 6.07) is 1.77. The van der Waals surface area contributed by atoms with Gasteiger partial charge in [-0.15, -0.1) is 0 Å². The molecule has 1 aromatic rings. The van der Waals surface area contributed by atoms with Gasteiger partial charge in [-0.2, -0.15) is 0 Å². The average Bonchev–Trinajstić information content (AvgIpc) is 2.81. The van der Waals surface area contributed by atoms with Gasteiger partial charge in [0.25, 0.3) is 5.92 Å². The predicted octanol–water partition coefficient (Wildman–Crippen LogP) is 1.68. The van der Waals surface area contributed by atoms with Crippen molar-refractivity contribution in [2.24, 2.45) is 0 Å². The molecule has 8 heteroatoms. The van der Waals surface area contributed by atoms with Crippen LogP contribution in [0.4, 0.5) is 17.6 Å². The van der Waals surface area contributed by atoms with E-state index in [-0.39, 0.29) is 12.1 Å². The Balaban J connectivity index is 2.05. The van der Waals surface area contributed by atoms with Gasteiger partial charge in [-0.05, 0) is 26.2 Å². The van der Waals surface area contributed by atoms with Gasteiger partial charge in [0, 0.05) is 18.5 Å². The van der Waals surface area contributed by atoms with E-state index in [9.17, 15) is 22.4 Å². The van der Waals surface area contributed by atoms with Crippen LogP contribution in [0.2, 0.25) is 0 Å². The molecule has 0 aromatic heterocycles. The minimum absolute atomic E-state index is 0.0898. The molecule has 2 rings (SSSR count). The van der Waals surface area contributed by atoms with Crippen molar-refractivity contribution >= 4 is 5.91 Å². The standard InChI is InChI=1S/C15H19F4N3O/c1-22(2)12(13-9(16)4-3-5-10(13)17)7-20-14(23)11-6-15(18,19)8-21-11/h3-5,11-12,21H,6-8H2,1-2H3,(H,20,23). The van der Waals surface area contributed by atoms with E-state index < -0.39 is 48.5 Å². The number of rotatable bonds is 5. The number of benzene rings is 1. The van der Waals surface area contributed by atoms with Gasteiger partial charge in [-0.25, -0.2) is 17.6 Å². The van der Waals surface area contributed by atoms with Crippen LogP contribution in [0.3, 0.4) is 0 Å². The van der Waals surface area contributed by atoms with Crippen molar-refractivity contribution in [2.75, 3.05) is 27.2 Å². The fourth-order valence-electron chi connectivity index (χ4n) is 2.59. The molecule has 1 fully saturated rings. The van der Waals surface area contributed by atoms with E-state index in [1.165, 1.54) is 6.07 Å². The number of nitrogens with zero attached hydrogens (tertiary/aromatic N) is 1. The average molecular weight is 333 g/mol. The second kappa shape index (κ2) is 6.84. The van der Waals surface area contributed by atoms with Crippen molar-refractivity contribution in [3.05, 3.63) is 35.4 Å². The van der Waals surface area contributed by atoms with Crippen molar-refractivity contribution in [3.63, 3.8) is 0 Å². The van der Waals surface area contributed by atoms with E-state index >= 15 is 0 Å². The van der Waals surface area contributed by atoms with Gasteiger partial charge in [-0.1, -0.05) is 6.07 Å². The van der Waals surface area contributed by atoms with Gasteiger partial charge in [0.2, 0.25) is 5.91 Å². The monoisotopic (exact) mass is 333 g/mol. The molecule has 2 unspecified atom stereocenters. The van der Waals surface area contributed by atoms with Crippen LogP contribution in [0, 0.1) is 11.6 Å². The zero-order chi connectivity index (χ0) is 17.2. The van der Waals surface area contributed by atoms with Gasteiger partial charge < -0.3 is 10.2 Å². The van der Waals surface area contributed by atoms with Crippen LogP contribution in [0.1, 0.15) is 18.0 Å². The molecule has 128 valence electrons. The number of halogens is 4. The molecule has 0 spiro atoms. The molecule has 1 heterocycles. The first-order valence-electron chi connectivity index (χ1n) is 7.20. The molecule has 0 bridgehead atoms. The van der Waals surface area contributed by atoms with Crippen molar-refractivity contribution in [1.82, 2.24) is 15.5 Å². The van der Waals surface area contributed by atoms with Crippen molar-refractivity contribution in [1.29, 1.82) is 0 Å². The fourth-order valence-corrected chi connectivity index (χ4v) is 2.59. The molecular formula is C15H19F4N3O. The highest BCUT2D eigenvalue weighted by molar-refractivity contribution is 5.82. The summed E-state index contributed by atoms with van der Waals surface area (Å²) in [5.74, 6) is -4.96. The second-order valence-corrected chi connectivity index (χ2v) is 5.85. The van der Waals surface area contributed by atoms with Crippen LogP contribution in [0.5, 0.6) is 0 Å². The SMILES string of the molecule is CN(C)C(CNC(=O)C1CC(F)(F)CN1)c1c(F)cccc1F. The van der Waals surface area contributed by atoms with E-state index in [0.29, 0.717) is 0 Å². The highest BCUT2D eigenvalue weighted by atomic mass is 19.3. The normalized spacial score (nSPS) is 21.4. The molecule has 1 aromatic carbocycles. The molecule has 2 atom stereocenters. The number of carbonyl (C=O) groups is 1. The Morgan fingerprint density at radius 3 is 2.48 bits per heavy atom. The molecule has 2 N–H and O–H groups in total. The number of carbonyl (C=O) groups excluding carboxylic acids is 1. The maximum atomic E-state index is 13.9. The van der Waals surface area contributed by atoms with E-state index in [4.69, 9.17) is 0 Å². The summed E-state index contributed by atoms with van der Waals surface area (Å²) in [6.07, 6.45) is -0.584. The summed E-state index contributed by atoms with van der Waals surface area (Å²) in [5.41, 5.74) is -0.164. The lowest BCUT2D eigenvalue weighted by molar-refractivity contribution is -0.123. The third-order valence-corrected chi connectivity index (χ3v) is 3.85. The Morgan fingerprint density at radius 1 is 1.39 bits per heavy atom. The molecular weight excluding hydrogens is 314 g/mol. The van der Waals surface area contributed by atoms with Gasteiger partial charge in [0.1, 0.15) is 11.6 Å². The Kier molecular flexibility index (Phi) is 5.26. The number of amides is 1. The number of hydrogen-bond donors (Lipinski definition) is 2. The molecule has 1 aliphatic heterocycles. The molecule has 4 nitrogen and oxygen atoms in total. The Bertz CT molecular complexity index is 560.